The van der Waals surface area contributed by atoms with Gasteiger partial charge in [0.15, 0.2) is 0 Å². The first-order valence-electron chi connectivity index (χ1n) is 6.49. The lowest BCUT2D eigenvalue weighted by Gasteiger charge is -2.24. The predicted octanol–water partition coefficient (Wildman–Crippen LogP) is 2.35. The van der Waals surface area contributed by atoms with E-state index in [9.17, 15) is 5.11 Å². The number of rotatable bonds is 6. The molecule has 0 bridgehead atoms. The Bertz CT molecular complexity index is 400. The highest BCUT2D eigenvalue weighted by atomic mass is 16.5. The quantitative estimate of drug-likeness (QED) is 0.815. The number of benzene rings is 1. The summed E-state index contributed by atoms with van der Waals surface area (Å²) in [6, 6.07) is 4.16. The molecule has 0 aliphatic carbocycles. The number of nitrogens with one attached hydrogen (secondary N) is 1. The van der Waals surface area contributed by atoms with Gasteiger partial charge in [-0.25, -0.2) is 0 Å². The molecular formula is C15H25NO2. The zero-order valence-electron chi connectivity index (χ0n) is 12.1. The number of aryl methyl sites for hydroxylation is 2. The van der Waals surface area contributed by atoms with E-state index in [1.807, 2.05) is 19.9 Å². The third kappa shape index (κ3) is 4.31. The first-order chi connectivity index (χ1) is 8.35. The van der Waals surface area contributed by atoms with Crippen molar-refractivity contribution >= 4 is 0 Å². The fraction of sp³-hybridized carbons (Fsp3) is 0.600. The molecule has 0 saturated heterocycles. The molecule has 0 spiro atoms. The summed E-state index contributed by atoms with van der Waals surface area (Å²) < 4.78 is 5.77. The molecule has 0 saturated carbocycles. The Morgan fingerprint density at radius 3 is 2.56 bits per heavy atom. The molecule has 0 fully saturated rings. The number of aliphatic hydroxyl groups is 1. The van der Waals surface area contributed by atoms with Crippen molar-refractivity contribution in [2.45, 2.75) is 40.2 Å². The summed E-state index contributed by atoms with van der Waals surface area (Å²) in [5.41, 5.74) is 2.69. The molecule has 102 valence electrons. The van der Waals surface area contributed by atoms with Crippen LogP contribution < -0.4 is 10.1 Å². The van der Waals surface area contributed by atoms with Gasteiger partial charge in [0.1, 0.15) is 18.0 Å². The van der Waals surface area contributed by atoms with Crippen molar-refractivity contribution in [1.82, 2.24) is 5.32 Å². The zero-order valence-corrected chi connectivity index (χ0v) is 12.1. The first kappa shape index (κ1) is 15.0. The topological polar surface area (TPSA) is 41.5 Å². The number of ether oxygens (including phenoxy) is 1. The van der Waals surface area contributed by atoms with Crippen molar-refractivity contribution in [2.24, 2.45) is 0 Å². The molecule has 0 amide bonds. The highest BCUT2D eigenvalue weighted by Gasteiger charge is 2.21. The van der Waals surface area contributed by atoms with Gasteiger partial charge in [-0.1, -0.05) is 13.0 Å². The lowest BCUT2D eigenvalue weighted by molar-refractivity contribution is 0.0125. The molecule has 3 heteroatoms. The SMILES string of the molecule is CCNCC(C)(O)COc1cc(C)cc(C)c1C. The molecule has 3 nitrogen and oxygen atoms in total. The second-order valence-corrected chi connectivity index (χ2v) is 5.27. The van der Waals surface area contributed by atoms with Crippen molar-refractivity contribution in [1.29, 1.82) is 0 Å². The molecule has 0 aliphatic rings. The van der Waals surface area contributed by atoms with Gasteiger partial charge in [-0.3, -0.25) is 0 Å². The average Bonchev–Trinajstić information content (AvgIpc) is 2.29. The van der Waals surface area contributed by atoms with E-state index < -0.39 is 5.60 Å². The van der Waals surface area contributed by atoms with Gasteiger partial charge in [0, 0.05) is 6.54 Å². The minimum atomic E-state index is -0.847. The standard InChI is InChI=1S/C15H25NO2/c1-6-16-9-15(5,17)10-18-14-8-11(2)7-12(3)13(14)4/h7-8,16-17H,6,9-10H2,1-5H3. The number of hydrogen-bond acceptors (Lipinski definition) is 3. The molecule has 0 heterocycles. The zero-order chi connectivity index (χ0) is 13.8. The molecule has 0 radical (unpaired) electrons. The van der Waals surface area contributed by atoms with Gasteiger partial charge in [-0.05, 0) is 57.0 Å². The maximum atomic E-state index is 10.1. The monoisotopic (exact) mass is 251 g/mol. The van der Waals surface area contributed by atoms with E-state index in [4.69, 9.17) is 4.74 Å². The van der Waals surface area contributed by atoms with E-state index in [0.29, 0.717) is 13.2 Å². The highest BCUT2D eigenvalue weighted by Crippen LogP contribution is 2.24. The molecule has 2 N–H and O–H groups in total. The van der Waals surface area contributed by atoms with Gasteiger partial charge in [-0.2, -0.15) is 0 Å². The van der Waals surface area contributed by atoms with Gasteiger partial charge in [-0.15, -0.1) is 0 Å². The normalized spacial score (nSPS) is 14.3. The van der Waals surface area contributed by atoms with Gasteiger partial charge < -0.3 is 15.2 Å². The molecule has 0 aromatic heterocycles. The third-order valence-corrected chi connectivity index (χ3v) is 3.06. The lowest BCUT2D eigenvalue weighted by atomic mass is 10.1. The van der Waals surface area contributed by atoms with Crippen molar-refractivity contribution in [3.63, 3.8) is 0 Å². The van der Waals surface area contributed by atoms with E-state index in [0.717, 1.165) is 17.9 Å². The number of hydrogen-bond donors (Lipinski definition) is 2. The Hall–Kier alpha value is -1.06. The van der Waals surface area contributed by atoms with E-state index in [2.05, 4.69) is 25.2 Å². The van der Waals surface area contributed by atoms with Crippen LogP contribution in [0.2, 0.25) is 0 Å². The molecule has 1 unspecified atom stereocenters. The average molecular weight is 251 g/mol. The molecule has 18 heavy (non-hydrogen) atoms. The maximum Gasteiger partial charge on any atom is 0.122 e. The lowest BCUT2D eigenvalue weighted by Crippen LogP contribution is -2.42. The minimum absolute atomic E-state index is 0.295. The van der Waals surface area contributed by atoms with E-state index in [1.54, 1.807) is 6.92 Å². The van der Waals surface area contributed by atoms with Crippen LogP contribution in [0.4, 0.5) is 0 Å². The van der Waals surface area contributed by atoms with Crippen LogP contribution >= 0.6 is 0 Å². The van der Waals surface area contributed by atoms with Crippen LogP contribution in [0.15, 0.2) is 12.1 Å². The van der Waals surface area contributed by atoms with Crippen molar-refractivity contribution in [2.75, 3.05) is 19.7 Å². The smallest absolute Gasteiger partial charge is 0.122 e. The van der Waals surface area contributed by atoms with E-state index in [-0.39, 0.29) is 0 Å². The summed E-state index contributed by atoms with van der Waals surface area (Å²) in [5, 5.41) is 13.3. The molecule has 1 atom stereocenters. The fourth-order valence-electron chi connectivity index (χ4n) is 1.83. The van der Waals surface area contributed by atoms with Crippen LogP contribution in [0.25, 0.3) is 0 Å². The van der Waals surface area contributed by atoms with Gasteiger partial charge in [0.05, 0.1) is 0 Å². The molecule has 1 aromatic rings. The van der Waals surface area contributed by atoms with Crippen molar-refractivity contribution < 1.29 is 9.84 Å². The van der Waals surface area contributed by atoms with Gasteiger partial charge >= 0.3 is 0 Å². The Balaban J connectivity index is 2.68. The minimum Gasteiger partial charge on any atom is -0.490 e. The summed E-state index contributed by atoms with van der Waals surface area (Å²) in [6.07, 6.45) is 0. The molecular weight excluding hydrogens is 226 g/mol. The first-order valence-corrected chi connectivity index (χ1v) is 6.49. The Morgan fingerprint density at radius 2 is 1.94 bits per heavy atom. The Kier molecular flexibility index (Phi) is 5.17. The molecule has 1 aromatic carbocycles. The summed E-state index contributed by atoms with van der Waals surface area (Å²) in [5.74, 6) is 0.865. The molecule has 1 rings (SSSR count). The summed E-state index contributed by atoms with van der Waals surface area (Å²) in [7, 11) is 0. The highest BCUT2D eigenvalue weighted by molar-refractivity contribution is 5.41. The van der Waals surface area contributed by atoms with Crippen molar-refractivity contribution in [3.05, 3.63) is 28.8 Å². The fourth-order valence-corrected chi connectivity index (χ4v) is 1.83. The van der Waals surface area contributed by atoms with E-state index in [1.165, 1.54) is 11.1 Å². The van der Waals surface area contributed by atoms with E-state index >= 15 is 0 Å². The van der Waals surface area contributed by atoms with Crippen LogP contribution in [-0.4, -0.2) is 30.4 Å². The number of likely N-dealkylation sites (N-methyl/N-ethyl adjacent to an activating group) is 1. The maximum absolute atomic E-state index is 10.1. The van der Waals surface area contributed by atoms with Gasteiger partial charge in [0.2, 0.25) is 0 Å². The summed E-state index contributed by atoms with van der Waals surface area (Å²) in [4.78, 5) is 0. The molecule has 0 aliphatic heterocycles. The second-order valence-electron chi connectivity index (χ2n) is 5.27. The second kappa shape index (κ2) is 6.21. The van der Waals surface area contributed by atoms with Crippen LogP contribution in [-0.2, 0) is 0 Å². The summed E-state index contributed by atoms with van der Waals surface area (Å²) in [6.45, 7) is 11.7. The Labute approximate surface area is 110 Å². The van der Waals surface area contributed by atoms with Crippen LogP contribution in [0, 0.1) is 20.8 Å². The van der Waals surface area contributed by atoms with Gasteiger partial charge in [0.25, 0.3) is 0 Å². The van der Waals surface area contributed by atoms with Crippen LogP contribution in [0.1, 0.15) is 30.5 Å². The Morgan fingerprint density at radius 1 is 1.28 bits per heavy atom. The third-order valence-electron chi connectivity index (χ3n) is 3.06. The van der Waals surface area contributed by atoms with Crippen molar-refractivity contribution in [3.8, 4) is 5.75 Å². The summed E-state index contributed by atoms with van der Waals surface area (Å²) >= 11 is 0. The predicted molar refractivity (Wildman–Crippen MR) is 75.3 cm³/mol. The largest absolute Gasteiger partial charge is 0.490 e. The van der Waals surface area contributed by atoms with Crippen LogP contribution in [0.5, 0.6) is 5.75 Å². The van der Waals surface area contributed by atoms with Crippen LogP contribution in [0.3, 0.4) is 0 Å².